The van der Waals surface area contributed by atoms with Gasteiger partial charge in [-0.3, -0.25) is 0 Å². The SMILES string of the molecule is CCN(C)/C=N\c1cc(C)c(Cc2nc(-c3ccc(S(C)(=O)=O)cc3)cs2)cc1C.Cl.Cl. The van der Waals surface area contributed by atoms with Crippen molar-refractivity contribution >= 4 is 58.0 Å². The summed E-state index contributed by atoms with van der Waals surface area (Å²) in [5.41, 5.74) is 6.35. The van der Waals surface area contributed by atoms with E-state index < -0.39 is 9.84 Å². The quantitative estimate of drug-likeness (QED) is 0.292. The highest BCUT2D eigenvalue weighted by atomic mass is 35.5. The maximum absolute atomic E-state index is 11.6. The Bertz CT molecular complexity index is 1170. The Morgan fingerprint density at radius 3 is 2.34 bits per heavy atom. The average molecular weight is 515 g/mol. The van der Waals surface area contributed by atoms with Crippen molar-refractivity contribution in [3.63, 3.8) is 0 Å². The molecule has 0 radical (unpaired) electrons. The van der Waals surface area contributed by atoms with Crippen LogP contribution >= 0.6 is 36.2 Å². The molecular formula is C23H29Cl2N3O2S2. The van der Waals surface area contributed by atoms with Crippen molar-refractivity contribution in [1.82, 2.24) is 9.88 Å². The summed E-state index contributed by atoms with van der Waals surface area (Å²) >= 11 is 1.62. The second-order valence-electron chi connectivity index (χ2n) is 7.48. The molecule has 0 aliphatic carbocycles. The fraction of sp³-hybridized carbons (Fsp3) is 0.304. The van der Waals surface area contributed by atoms with Gasteiger partial charge in [0.25, 0.3) is 0 Å². The molecule has 32 heavy (non-hydrogen) atoms. The molecule has 0 unspecified atom stereocenters. The van der Waals surface area contributed by atoms with Gasteiger partial charge in [0.15, 0.2) is 9.84 Å². The monoisotopic (exact) mass is 513 g/mol. The zero-order valence-electron chi connectivity index (χ0n) is 18.8. The first-order valence-electron chi connectivity index (χ1n) is 9.77. The van der Waals surface area contributed by atoms with Crippen molar-refractivity contribution < 1.29 is 8.42 Å². The molecule has 5 nitrogen and oxygen atoms in total. The highest BCUT2D eigenvalue weighted by molar-refractivity contribution is 7.90. The smallest absolute Gasteiger partial charge is 0.175 e. The number of thiazole rings is 1. The summed E-state index contributed by atoms with van der Waals surface area (Å²) in [4.78, 5) is 11.7. The number of rotatable bonds is 7. The number of sulfone groups is 1. The third-order valence-corrected chi connectivity index (χ3v) is 7.00. The van der Waals surface area contributed by atoms with Crippen LogP contribution in [0.2, 0.25) is 0 Å². The summed E-state index contributed by atoms with van der Waals surface area (Å²) in [7, 11) is -1.18. The largest absolute Gasteiger partial charge is 0.366 e. The van der Waals surface area contributed by atoms with Crippen LogP contribution < -0.4 is 0 Å². The van der Waals surface area contributed by atoms with Crippen LogP contribution in [0.3, 0.4) is 0 Å². The van der Waals surface area contributed by atoms with Crippen LogP contribution in [0.4, 0.5) is 5.69 Å². The van der Waals surface area contributed by atoms with Gasteiger partial charge in [0.1, 0.15) is 0 Å². The average Bonchev–Trinajstić information content (AvgIpc) is 3.17. The van der Waals surface area contributed by atoms with Crippen LogP contribution in [-0.4, -0.2) is 44.5 Å². The van der Waals surface area contributed by atoms with Gasteiger partial charge in [0.2, 0.25) is 0 Å². The van der Waals surface area contributed by atoms with E-state index in [1.807, 2.05) is 35.8 Å². The normalized spacial score (nSPS) is 11.2. The number of hydrogen-bond acceptors (Lipinski definition) is 5. The highest BCUT2D eigenvalue weighted by Gasteiger charge is 2.11. The number of aryl methyl sites for hydroxylation is 2. The third kappa shape index (κ3) is 7.04. The van der Waals surface area contributed by atoms with E-state index in [1.165, 1.54) is 17.4 Å². The van der Waals surface area contributed by atoms with E-state index in [4.69, 9.17) is 4.98 Å². The Balaban J connectivity index is 0.00000256. The lowest BCUT2D eigenvalue weighted by Crippen LogP contribution is -2.14. The van der Waals surface area contributed by atoms with E-state index >= 15 is 0 Å². The topological polar surface area (TPSA) is 62.6 Å². The molecule has 0 bridgehead atoms. The summed E-state index contributed by atoms with van der Waals surface area (Å²) in [5.74, 6) is 0. The third-order valence-electron chi connectivity index (χ3n) is 5.02. The molecule has 0 atom stereocenters. The Kier molecular flexibility index (Phi) is 10.4. The van der Waals surface area contributed by atoms with E-state index in [2.05, 4.69) is 37.9 Å². The molecule has 3 aromatic rings. The van der Waals surface area contributed by atoms with Crippen LogP contribution in [0.1, 0.15) is 28.6 Å². The summed E-state index contributed by atoms with van der Waals surface area (Å²) < 4.78 is 23.3. The van der Waals surface area contributed by atoms with E-state index in [1.54, 1.807) is 23.5 Å². The van der Waals surface area contributed by atoms with Crippen LogP contribution in [-0.2, 0) is 16.3 Å². The van der Waals surface area contributed by atoms with Crippen molar-refractivity contribution in [3.8, 4) is 11.3 Å². The number of benzene rings is 2. The lowest BCUT2D eigenvalue weighted by atomic mass is 10.0. The second kappa shape index (κ2) is 11.8. The predicted octanol–water partition coefficient (Wildman–Crippen LogP) is 5.88. The first-order chi connectivity index (χ1) is 14.2. The molecule has 0 N–H and O–H groups in total. The summed E-state index contributed by atoms with van der Waals surface area (Å²) in [5, 5.41) is 3.05. The van der Waals surface area contributed by atoms with Gasteiger partial charge in [0, 0.05) is 37.2 Å². The van der Waals surface area contributed by atoms with Crippen LogP contribution in [0.25, 0.3) is 11.3 Å². The minimum absolute atomic E-state index is 0. The molecule has 1 aromatic heterocycles. The fourth-order valence-electron chi connectivity index (χ4n) is 2.99. The van der Waals surface area contributed by atoms with Gasteiger partial charge in [-0.05, 0) is 55.7 Å². The highest BCUT2D eigenvalue weighted by Crippen LogP contribution is 2.28. The minimum Gasteiger partial charge on any atom is -0.366 e. The zero-order chi connectivity index (χ0) is 21.9. The number of nitrogens with zero attached hydrogens (tertiary/aromatic N) is 3. The van der Waals surface area contributed by atoms with Gasteiger partial charge in [-0.1, -0.05) is 18.2 Å². The minimum atomic E-state index is -3.19. The van der Waals surface area contributed by atoms with Gasteiger partial charge in [-0.15, -0.1) is 36.2 Å². The number of aliphatic imine (C=N–C) groups is 1. The first-order valence-corrected chi connectivity index (χ1v) is 12.5. The van der Waals surface area contributed by atoms with Gasteiger partial charge in [0.05, 0.1) is 27.6 Å². The molecule has 0 saturated carbocycles. The lowest BCUT2D eigenvalue weighted by molar-refractivity contribution is 0.552. The molecule has 1 heterocycles. The van der Waals surface area contributed by atoms with E-state index in [9.17, 15) is 8.42 Å². The van der Waals surface area contributed by atoms with Crippen LogP contribution in [0.15, 0.2) is 51.7 Å². The number of halogens is 2. The maximum Gasteiger partial charge on any atom is 0.175 e. The predicted molar refractivity (Wildman–Crippen MR) is 140 cm³/mol. The summed E-state index contributed by atoms with van der Waals surface area (Å²) in [6.07, 6.45) is 3.84. The van der Waals surface area contributed by atoms with Crippen LogP contribution in [0, 0.1) is 13.8 Å². The van der Waals surface area contributed by atoms with Crippen molar-refractivity contribution in [2.45, 2.75) is 32.1 Å². The van der Waals surface area contributed by atoms with Gasteiger partial charge in [-0.25, -0.2) is 18.4 Å². The van der Waals surface area contributed by atoms with Crippen molar-refractivity contribution in [2.75, 3.05) is 19.8 Å². The molecule has 9 heteroatoms. The number of aromatic nitrogens is 1. The van der Waals surface area contributed by atoms with E-state index in [0.717, 1.165) is 40.5 Å². The maximum atomic E-state index is 11.6. The summed E-state index contributed by atoms with van der Waals surface area (Å²) in [6.45, 7) is 7.20. The zero-order valence-corrected chi connectivity index (χ0v) is 22.1. The molecule has 0 saturated heterocycles. The molecule has 174 valence electrons. The summed E-state index contributed by atoms with van der Waals surface area (Å²) in [6, 6.07) is 11.2. The van der Waals surface area contributed by atoms with Crippen molar-refractivity contribution in [3.05, 3.63) is 63.5 Å². The fourth-order valence-corrected chi connectivity index (χ4v) is 4.45. The molecule has 3 rings (SSSR count). The standard InChI is InChI=1S/C23H27N3O2S2.2ClH/c1-6-26(4)15-24-21-12-16(2)19(11-17(21)3)13-23-25-22(14-29-23)18-7-9-20(10-8-18)30(5,27)28;;/h7-12,14-15H,6,13H2,1-5H3;2*1H/b24-15-;;. The van der Waals surface area contributed by atoms with Gasteiger partial charge >= 0.3 is 0 Å². The lowest BCUT2D eigenvalue weighted by Gasteiger charge is -2.11. The Hall–Kier alpha value is -1.93. The first kappa shape index (κ1) is 28.1. The van der Waals surface area contributed by atoms with E-state index in [-0.39, 0.29) is 24.8 Å². The molecule has 2 aromatic carbocycles. The van der Waals surface area contributed by atoms with Crippen LogP contribution in [0.5, 0.6) is 0 Å². The van der Waals surface area contributed by atoms with Crippen molar-refractivity contribution in [2.24, 2.45) is 4.99 Å². The molecule has 0 amide bonds. The molecule has 0 aliphatic rings. The number of hydrogen-bond donors (Lipinski definition) is 0. The van der Waals surface area contributed by atoms with Gasteiger partial charge < -0.3 is 4.90 Å². The molecule has 0 spiro atoms. The Morgan fingerprint density at radius 1 is 1.09 bits per heavy atom. The molecule has 0 aliphatic heterocycles. The molecule has 0 fully saturated rings. The Labute approximate surface area is 207 Å². The van der Waals surface area contributed by atoms with Gasteiger partial charge in [-0.2, -0.15) is 0 Å². The Morgan fingerprint density at radius 2 is 1.75 bits per heavy atom. The second-order valence-corrected chi connectivity index (χ2v) is 10.4. The van der Waals surface area contributed by atoms with Crippen molar-refractivity contribution in [1.29, 1.82) is 0 Å². The molecular weight excluding hydrogens is 485 g/mol. The van der Waals surface area contributed by atoms with E-state index in [0.29, 0.717) is 4.90 Å².